The van der Waals surface area contributed by atoms with Gasteiger partial charge in [-0.3, -0.25) is 4.79 Å². The Kier molecular flexibility index (Phi) is 3.59. The minimum atomic E-state index is 0.0896. The molecule has 4 heteroatoms. The summed E-state index contributed by atoms with van der Waals surface area (Å²) in [6.45, 7) is 0. The van der Waals surface area contributed by atoms with Gasteiger partial charge in [-0.25, -0.2) is 0 Å². The summed E-state index contributed by atoms with van der Waals surface area (Å²) in [6, 6.07) is 10.7. The van der Waals surface area contributed by atoms with Gasteiger partial charge in [0.15, 0.2) is 0 Å². The van der Waals surface area contributed by atoms with E-state index in [0.29, 0.717) is 0 Å². The van der Waals surface area contributed by atoms with E-state index in [2.05, 4.69) is 35.6 Å². The van der Waals surface area contributed by atoms with Crippen molar-refractivity contribution in [2.75, 3.05) is 22.6 Å². The van der Waals surface area contributed by atoms with Crippen LogP contribution < -0.4 is 5.32 Å². The maximum Gasteiger partial charge on any atom is 0.238 e. The second-order valence-electron chi connectivity index (χ2n) is 5.54. The van der Waals surface area contributed by atoms with Crippen LogP contribution in [0.2, 0.25) is 0 Å². The molecular weight excluding hydrogens is 298 g/mol. The Hall–Kier alpha value is -1.13. The SMILES string of the molecule is O=C(Nc1ccc2c3c(cccc13)CC2)C1CSCCS1. The van der Waals surface area contributed by atoms with Crippen LogP contribution >= 0.6 is 23.5 Å². The number of nitrogens with one attached hydrogen (secondary N) is 1. The van der Waals surface area contributed by atoms with Crippen molar-refractivity contribution in [3.63, 3.8) is 0 Å². The van der Waals surface area contributed by atoms with E-state index in [-0.39, 0.29) is 11.2 Å². The molecule has 1 amide bonds. The summed E-state index contributed by atoms with van der Waals surface area (Å²) in [5.41, 5.74) is 3.81. The van der Waals surface area contributed by atoms with E-state index in [0.717, 1.165) is 35.8 Å². The minimum Gasteiger partial charge on any atom is -0.325 e. The van der Waals surface area contributed by atoms with Crippen molar-refractivity contribution in [2.45, 2.75) is 18.1 Å². The molecule has 0 radical (unpaired) electrons. The van der Waals surface area contributed by atoms with Crippen LogP contribution in [0.25, 0.3) is 10.8 Å². The summed E-state index contributed by atoms with van der Waals surface area (Å²) in [5.74, 6) is 3.32. The largest absolute Gasteiger partial charge is 0.325 e. The van der Waals surface area contributed by atoms with Crippen LogP contribution in [-0.4, -0.2) is 28.4 Å². The van der Waals surface area contributed by atoms with Crippen molar-refractivity contribution in [1.29, 1.82) is 0 Å². The van der Waals surface area contributed by atoms with Gasteiger partial charge in [-0.15, -0.1) is 11.8 Å². The van der Waals surface area contributed by atoms with E-state index in [1.54, 1.807) is 11.8 Å². The highest BCUT2D eigenvalue weighted by molar-refractivity contribution is 8.07. The molecule has 1 heterocycles. The highest BCUT2D eigenvalue weighted by Crippen LogP contribution is 2.35. The van der Waals surface area contributed by atoms with Crippen molar-refractivity contribution in [3.8, 4) is 0 Å². The lowest BCUT2D eigenvalue weighted by molar-refractivity contribution is -0.115. The number of hydrogen-bond donors (Lipinski definition) is 1. The summed E-state index contributed by atoms with van der Waals surface area (Å²) < 4.78 is 0. The minimum absolute atomic E-state index is 0.0896. The van der Waals surface area contributed by atoms with E-state index >= 15 is 0 Å². The van der Waals surface area contributed by atoms with E-state index in [4.69, 9.17) is 0 Å². The van der Waals surface area contributed by atoms with E-state index < -0.39 is 0 Å². The topological polar surface area (TPSA) is 29.1 Å². The molecule has 1 fully saturated rings. The third-order valence-corrected chi connectivity index (χ3v) is 7.00. The number of carbonyl (C=O) groups excluding carboxylic acids is 1. The molecule has 1 aliphatic carbocycles. The van der Waals surface area contributed by atoms with Crippen LogP contribution in [0.5, 0.6) is 0 Å². The molecule has 21 heavy (non-hydrogen) atoms. The van der Waals surface area contributed by atoms with Gasteiger partial charge in [0.2, 0.25) is 5.91 Å². The van der Waals surface area contributed by atoms with Crippen LogP contribution in [0.4, 0.5) is 5.69 Å². The molecule has 4 rings (SSSR count). The van der Waals surface area contributed by atoms with Gasteiger partial charge < -0.3 is 5.32 Å². The standard InChI is InChI=1S/C17H17NOS2/c19-17(15-10-20-8-9-21-15)18-14-7-6-12-5-4-11-2-1-3-13(14)16(11)12/h1-3,6-7,15H,4-5,8-10H2,(H,18,19). The first-order valence-corrected chi connectivity index (χ1v) is 9.57. The maximum atomic E-state index is 12.5. The Bertz CT molecular complexity index is 697. The summed E-state index contributed by atoms with van der Waals surface area (Å²) in [4.78, 5) is 12.5. The zero-order valence-corrected chi connectivity index (χ0v) is 13.4. The summed E-state index contributed by atoms with van der Waals surface area (Å²) in [5, 5.41) is 5.81. The fraction of sp³-hybridized carbons (Fsp3) is 0.353. The van der Waals surface area contributed by atoms with Crippen molar-refractivity contribution in [2.24, 2.45) is 0 Å². The Morgan fingerprint density at radius 1 is 1.10 bits per heavy atom. The zero-order valence-electron chi connectivity index (χ0n) is 11.7. The van der Waals surface area contributed by atoms with Crippen LogP contribution in [0, 0.1) is 0 Å². The highest BCUT2D eigenvalue weighted by Gasteiger charge is 2.23. The number of aryl methyl sites for hydroxylation is 2. The fourth-order valence-electron chi connectivity index (χ4n) is 3.21. The van der Waals surface area contributed by atoms with Crippen LogP contribution in [0.15, 0.2) is 30.3 Å². The number of benzene rings is 2. The zero-order chi connectivity index (χ0) is 14.2. The monoisotopic (exact) mass is 315 g/mol. The number of hydrogen-bond acceptors (Lipinski definition) is 3. The first-order valence-electron chi connectivity index (χ1n) is 7.36. The Morgan fingerprint density at radius 2 is 1.95 bits per heavy atom. The van der Waals surface area contributed by atoms with Gasteiger partial charge in [0.1, 0.15) is 0 Å². The lowest BCUT2D eigenvalue weighted by Gasteiger charge is -2.20. The normalized spacial score (nSPS) is 20.7. The number of rotatable bonds is 2. The quantitative estimate of drug-likeness (QED) is 0.915. The first-order chi connectivity index (χ1) is 10.3. The van der Waals surface area contributed by atoms with Crippen LogP contribution in [0.1, 0.15) is 11.1 Å². The van der Waals surface area contributed by atoms with Crippen molar-refractivity contribution >= 4 is 45.9 Å². The summed E-state index contributed by atoms with van der Waals surface area (Å²) >= 11 is 3.66. The number of carbonyl (C=O) groups is 1. The van der Waals surface area contributed by atoms with Gasteiger partial charge in [-0.05, 0) is 35.4 Å². The first kappa shape index (κ1) is 13.5. The second kappa shape index (κ2) is 5.58. The average Bonchev–Trinajstić information content (AvgIpc) is 2.96. The van der Waals surface area contributed by atoms with Crippen LogP contribution in [-0.2, 0) is 17.6 Å². The molecule has 2 aromatic rings. The molecular formula is C17H17NOS2. The van der Waals surface area contributed by atoms with Gasteiger partial charge in [0.05, 0.1) is 5.25 Å². The maximum absolute atomic E-state index is 12.5. The molecule has 1 atom stereocenters. The fourth-order valence-corrected chi connectivity index (χ4v) is 5.77. The number of anilines is 1. The van der Waals surface area contributed by atoms with Gasteiger partial charge >= 0.3 is 0 Å². The molecule has 1 N–H and O–H groups in total. The molecule has 2 aromatic carbocycles. The van der Waals surface area contributed by atoms with Crippen LogP contribution in [0.3, 0.4) is 0 Å². The summed E-state index contributed by atoms with van der Waals surface area (Å²) in [7, 11) is 0. The van der Waals surface area contributed by atoms with Gasteiger partial charge in [-0.2, -0.15) is 11.8 Å². The van der Waals surface area contributed by atoms with Gasteiger partial charge in [0.25, 0.3) is 0 Å². The molecule has 108 valence electrons. The molecule has 1 aliphatic heterocycles. The Balaban J connectivity index is 1.67. The molecule has 1 unspecified atom stereocenters. The van der Waals surface area contributed by atoms with E-state index in [9.17, 15) is 4.79 Å². The molecule has 0 saturated carbocycles. The molecule has 0 spiro atoms. The van der Waals surface area contributed by atoms with Crippen molar-refractivity contribution in [1.82, 2.24) is 0 Å². The van der Waals surface area contributed by atoms with Gasteiger partial charge in [-0.1, -0.05) is 24.3 Å². The van der Waals surface area contributed by atoms with Gasteiger partial charge in [0, 0.05) is 28.3 Å². The predicted octanol–water partition coefficient (Wildman–Crippen LogP) is 3.73. The number of thioether (sulfide) groups is 2. The third kappa shape index (κ3) is 2.44. The average molecular weight is 315 g/mol. The lowest BCUT2D eigenvalue weighted by Crippen LogP contribution is -2.30. The Labute approximate surface area is 133 Å². The summed E-state index contributed by atoms with van der Waals surface area (Å²) in [6.07, 6.45) is 2.25. The smallest absolute Gasteiger partial charge is 0.238 e. The molecule has 1 saturated heterocycles. The van der Waals surface area contributed by atoms with Crippen molar-refractivity contribution < 1.29 is 4.79 Å². The molecule has 0 bridgehead atoms. The lowest BCUT2D eigenvalue weighted by atomic mass is 10.0. The van der Waals surface area contributed by atoms with E-state index in [1.165, 1.54) is 21.9 Å². The second-order valence-corrected chi connectivity index (χ2v) is 8.00. The third-order valence-electron chi connectivity index (χ3n) is 4.24. The molecule has 0 aromatic heterocycles. The van der Waals surface area contributed by atoms with E-state index in [1.807, 2.05) is 11.8 Å². The highest BCUT2D eigenvalue weighted by atomic mass is 32.2. The molecule has 2 nitrogen and oxygen atoms in total. The Morgan fingerprint density at radius 3 is 2.76 bits per heavy atom. The van der Waals surface area contributed by atoms with Crippen molar-refractivity contribution in [3.05, 3.63) is 41.5 Å². The predicted molar refractivity (Wildman–Crippen MR) is 93.6 cm³/mol. The number of amides is 1. The molecule has 2 aliphatic rings.